The third-order valence-corrected chi connectivity index (χ3v) is 3.27. The first-order valence-corrected chi connectivity index (χ1v) is 5.91. The van der Waals surface area contributed by atoms with Crippen LogP contribution < -0.4 is 5.73 Å². The molecule has 1 fully saturated rings. The van der Waals surface area contributed by atoms with Gasteiger partial charge < -0.3 is 10.2 Å². The van der Waals surface area contributed by atoms with Gasteiger partial charge in [0.15, 0.2) is 11.5 Å². The van der Waals surface area contributed by atoms with Crippen molar-refractivity contribution in [3.8, 4) is 0 Å². The maximum Gasteiger partial charge on any atom is 0.197 e. The zero-order chi connectivity index (χ0) is 11.1. The molecule has 84 valence electrons. The molecule has 0 aliphatic heterocycles. The van der Waals surface area contributed by atoms with Crippen LogP contribution in [0.1, 0.15) is 18.7 Å². The molecule has 4 heteroatoms. The summed E-state index contributed by atoms with van der Waals surface area (Å²) in [5.41, 5.74) is 7.63. The van der Waals surface area contributed by atoms with Gasteiger partial charge in [-0.2, -0.15) is 0 Å². The number of fused-ring (bicyclic) bond motifs is 1. The Morgan fingerprint density at radius 2 is 2.31 bits per heavy atom. The summed E-state index contributed by atoms with van der Waals surface area (Å²) in [6.45, 7) is 0. The molecule has 2 N–H and O–H groups in total. The summed E-state index contributed by atoms with van der Waals surface area (Å²) in [6, 6.07) is 5.66. The molecule has 0 bridgehead atoms. The fourth-order valence-electron chi connectivity index (χ4n) is 1.93. The molecule has 1 aromatic heterocycles. The predicted octanol–water partition coefficient (Wildman–Crippen LogP) is 2.76. The van der Waals surface area contributed by atoms with Crippen molar-refractivity contribution in [2.24, 2.45) is 11.7 Å². The van der Waals surface area contributed by atoms with Crippen LogP contribution in [0, 0.1) is 5.92 Å². The highest BCUT2D eigenvalue weighted by atomic mass is 35.5. The zero-order valence-corrected chi connectivity index (χ0v) is 9.57. The van der Waals surface area contributed by atoms with Crippen LogP contribution in [0.5, 0.6) is 0 Å². The van der Waals surface area contributed by atoms with Gasteiger partial charge >= 0.3 is 0 Å². The molecule has 2 aromatic rings. The van der Waals surface area contributed by atoms with Gasteiger partial charge in [-0.25, -0.2) is 4.98 Å². The first-order chi connectivity index (χ1) is 7.72. The van der Waals surface area contributed by atoms with Gasteiger partial charge in [0.2, 0.25) is 0 Å². The van der Waals surface area contributed by atoms with Gasteiger partial charge in [-0.1, -0.05) is 11.6 Å². The number of benzene rings is 1. The van der Waals surface area contributed by atoms with Gasteiger partial charge in [-0.05, 0) is 30.9 Å². The molecule has 3 rings (SSSR count). The van der Waals surface area contributed by atoms with E-state index in [1.807, 2.05) is 12.1 Å². The summed E-state index contributed by atoms with van der Waals surface area (Å²) in [4.78, 5) is 4.40. The predicted molar refractivity (Wildman–Crippen MR) is 63.4 cm³/mol. The number of nitrogens with two attached hydrogens (primary N) is 1. The molecule has 0 spiro atoms. The van der Waals surface area contributed by atoms with Crippen LogP contribution in [0.2, 0.25) is 5.02 Å². The molecule has 16 heavy (non-hydrogen) atoms. The van der Waals surface area contributed by atoms with E-state index in [0.29, 0.717) is 10.9 Å². The quantitative estimate of drug-likeness (QED) is 0.892. The van der Waals surface area contributed by atoms with Crippen molar-refractivity contribution in [1.29, 1.82) is 0 Å². The molecule has 0 amide bonds. The smallest absolute Gasteiger partial charge is 0.197 e. The largest absolute Gasteiger partial charge is 0.441 e. The Labute approximate surface area is 98.6 Å². The van der Waals surface area contributed by atoms with E-state index in [0.717, 1.165) is 23.4 Å². The molecule has 0 radical (unpaired) electrons. The molecule has 1 atom stereocenters. The fourth-order valence-corrected chi connectivity index (χ4v) is 2.09. The minimum atomic E-state index is 0.184. The summed E-state index contributed by atoms with van der Waals surface area (Å²) in [7, 11) is 0. The first-order valence-electron chi connectivity index (χ1n) is 5.53. The van der Waals surface area contributed by atoms with Crippen molar-refractivity contribution >= 4 is 22.7 Å². The van der Waals surface area contributed by atoms with E-state index < -0.39 is 0 Å². The topological polar surface area (TPSA) is 52.0 Å². The summed E-state index contributed by atoms with van der Waals surface area (Å²) in [6.07, 6.45) is 3.21. The van der Waals surface area contributed by atoms with Gasteiger partial charge in [0.1, 0.15) is 5.52 Å². The molecule has 1 aliphatic carbocycles. The lowest BCUT2D eigenvalue weighted by molar-refractivity contribution is 0.475. The average molecular weight is 237 g/mol. The van der Waals surface area contributed by atoms with Crippen LogP contribution in [0.25, 0.3) is 11.1 Å². The van der Waals surface area contributed by atoms with Crippen molar-refractivity contribution in [2.75, 3.05) is 0 Å². The highest BCUT2D eigenvalue weighted by Crippen LogP contribution is 2.33. The molecule has 3 nitrogen and oxygen atoms in total. The third-order valence-electron chi connectivity index (χ3n) is 3.03. The second-order valence-electron chi connectivity index (χ2n) is 4.43. The second-order valence-corrected chi connectivity index (χ2v) is 4.86. The Bertz CT molecular complexity index is 519. The minimum Gasteiger partial charge on any atom is -0.441 e. The lowest BCUT2D eigenvalue weighted by atomic mass is 10.1. The second kappa shape index (κ2) is 3.75. The number of hydrogen-bond donors (Lipinski definition) is 1. The molecule has 1 aliphatic rings. The van der Waals surface area contributed by atoms with Gasteiger partial charge in [-0.3, -0.25) is 0 Å². The number of halogens is 1. The molecular formula is C12H13ClN2O. The van der Waals surface area contributed by atoms with Crippen molar-refractivity contribution in [2.45, 2.75) is 25.3 Å². The maximum absolute atomic E-state index is 6.04. The number of rotatable bonds is 3. The van der Waals surface area contributed by atoms with E-state index in [-0.39, 0.29) is 6.04 Å². The molecule has 1 aromatic carbocycles. The highest BCUT2D eigenvalue weighted by Gasteiger charge is 2.29. The van der Waals surface area contributed by atoms with E-state index in [9.17, 15) is 0 Å². The maximum atomic E-state index is 6.04. The Morgan fingerprint density at radius 1 is 1.50 bits per heavy atom. The monoisotopic (exact) mass is 236 g/mol. The van der Waals surface area contributed by atoms with E-state index in [1.165, 1.54) is 12.8 Å². The Hall–Kier alpha value is -1.06. The van der Waals surface area contributed by atoms with Crippen molar-refractivity contribution in [3.05, 3.63) is 29.1 Å². The van der Waals surface area contributed by atoms with Gasteiger partial charge in [-0.15, -0.1) is 0 Å². The Balaban J connectivity index is 1.86. The number of oxazole rings is 1. The van der Waals surface area contributed by atoms with Crippen LogP contribution in [0.3, 0.4) is 0 Å². The standard InChI is InChI=1S/C12H13ClN2O/c13-8-3-4-10-11(5-8)16-12(15-10)6-9(14)7-1-2-7/h3-5,7,9H,1-2,6,14H2. The molecule has 1 unspecified atom stereocenters. The van der Waals surface area contributed by atoms with E-state index >= 15 is 0 Å². The third kappa shape index (κ3) is 1.93. The lowest BCUT2D eigenvalue weighted by Crippen LogP contribution is -2.25. The van der Waals surface area contributed by atoms with E-state index in [1.54, 1.807) is 6.07 Å². The number of aromatic nitrogens is 1. The summed E-state index contributed by atoms with van der Waals surface area (Å²) < 4.78 is 5.62. The van der Waals surface area contributed by atoms with E-state index in [2.05, 4.69) is 4.98 Å². The molecule has 1 saturated carbocycles. The normalized spacial score (nSPS) is 17.9. The number of nitrogens with zero attached hydrogens (tertiary/aromatic N) is 1. The fraction of sp³-hybridized carbons (Fsp3) is 0.417. The first kappa shape index (κ1) is 10.1. The average Bonchev–Trinajstić information content (AvgIpc) is 3.00. The lowest BCUT2D eigenvalue weighted by Gasteiger charge is -2.05. The summed E-state index contributed by atoms with van der Waals surface area (Å²) >= 11 is 5.88. The van der Waals surface area contributed by atoms with Gasteiger partial charge in [0.05, 0.1) is 0 Å². The number of hydrogen-bond acceptors (Lipinski definition) is 3. The molecular weight excluding hydrogens is 224 g/mol. The molecule has 0 saturated heterocycles. The van der Waals surface area contributed by atoms with Crippen molar-refractivity contribution < 1.29 is 4.42 Å². The summed E-state index contributed by atoms with van der Waals surface area (Å²) in [5.74, 6) is 1.38. The molecule has 1 heterocycles. The van der Waals surface area contributed by atoms with E-state index in [4.69, 9.17) is 21.8 Å². The van der Waals surface area contributed by atoms with Crippen LogP contribution in [-0.4, -0.2) is 11.0 Å². The van der Waals surface area contributed by atoms with Crippen LogP contribution in [0.4, 0.5) is 0 Å². The van der Waals surface area contributed by atoms with Gasteiger partial charge in [0.25, 0.3) is 0 Å². The Morgan fingerprint density at radius 3 is 3.06 bits per heavy atom. The van der Waals surface area contributed by atoms with Crippen LogP contribution in [-0.2, 0) is 6.42 Å². The SMILES string of the molecule is NC(Cc1nc2ccc(Cl)cc2o1)C1CC1. The Kier molecular flexibility index (Phi) is 2.37. The highest BCUT2D eigenvalue weighted by molar-refractivity contribution is 6.31. The zero-order valence-electron chi connectivity index (χ0n) is 8.82. The van der Waals surface area contributed by atoms with Crippen molar-refractivity contribution in [1.82, 2.24) is 4.98 Å². The minimum absolute atomic E-state index is 0.184. The van der Waals surface area contributed by atoms with Crippen molar-refractivity contribution in [3.63, 3.8) is 0 Å². The van der Waals surface area contributed by atoms with Crippen LogP contribution in [0.15, 0.2) is 22.6 Å². The summed E-state index contributed by atoms with van der Waals surface area (Å²) in [5, 5.41) is 0.668. The van der Waals surface area contributed by atoms with Crippen LogP contribution >= 0.6 is 11.6 Å². The van der Waals surface area contributed by atoms with Gasteiger partial charge in [0, 0.05) is 23.6 Å².